The second-order valence-corrected chi connectivity index (χ2v) is 6.26. The van der Waals surface area contributed by atoms with E-state index >= 15 is 0 Å². The van der Waals surface area contributed by atoms with Gasteiger partial charge in [-0.15, -0.1) is 0 Å². The maximum Gasteiger partial charge on any atom is 0.139 e. The van der Waals surface area contributed by atoms with Crippen LogP contribution in [0.25, 0.3) is 10.4 Å². The van der Waals surface area contributed by atoms with Gasteiger partial charge in [0.05, 0.1) is 14.8 Å². The fourth-order valence-electron chi connectivity index (χ4n) is 1.57. The number of azide groups is 1. The highest BCUT2D eigenvalue weighted by atomic mass is 127. The van der Waals surface area contributed by atoms with Gasteiger partial charge in [-0.25, -0.2) is 4.98 Å². The topological polar surface area (TPSA) is 81.9 Å². The zero-order valence-electron chi connectivity index (χ0n) is 10.8. The van der Waals surface area contributed by atoms with Crippen LogP contribution in [-0.2, 0) is 0 Å². The Kier molecular flexibility index (Phi) is 5.27. The zero-order chi connectivity index (χ0) is 15.4. The Morgan fingerprint density at radius 1 is 1.33 bits per heavy atom. The predicted octanol–water partition coefficient (Wildman–Crippen LogP) is 4.65. The highest BCUT2D eigenvalue weighted by Gasteiger charge is 2.12. The number of aromatic nitrogens is 1. The van der Waals surface area contributed by atoms with Gasteiger partial charge < -0.3 is 5.11 Å². The Morgan fingerprint density at radius 2 is 2.10 bits per heavy atom. The van der Waals surface area contributed by atoms with Crippen molar-refractivity contribution < 1.29 is 5.11 Å². The number of rotatable bonds is 1. The van der Waals surface area contributed by atoms with Crippen molar-refractivity contribution in [3.8, 4) is 17.6 Å². The summed E-state index contributed by atoms with van der Waals surface area (Å²) in [7, 11) is 0. The van der Waals surface area contributed by atoms with Crippen LogP contribution in [0.4, 0.5) is 5.69 Å². The first-order valence-electron chi connectivity index (χ1n) is 5.74. The Bertz CT molecular complexity index is 818. The van der Waals surface area contributed by atoms with E-state index in [2.05, 4.69) is 49.4 Å². The molecule has 0 saturated heterocycles. The van der Waals surface area contributed by atoms with Gasteiger partial charge in [0.25, 0.3) is 0 Å². The molecule has 1 aromatic heterocycles. The summed E-state index contributed by atoms with van der Waals surface area (Å²) in [6.07, 6.45) is 0. The maximum absolute atomic E-state index is 10.0. The zero-order valence-corrected chi connectivity index (χ0v) is 15.1. The van der Waals surface area contributed by atoms with Crippen LogP contribution in [0, 0.1) is 25.9 Å². The third-order valence-corrected chi connectivity index (χ3v) is 4.43. The second kappa shape index (κ2) is 6.98. The van der Waals surface area contributed by atoms with E-state index in [0.29, 0.717) is 14.8 Å². The van der Waals surface area contributed by atoms with E-state index in [1.165, 1.54) is 0 Å². The molecule has 0 atom stereocenters. The average Bonchev–Trinajstić information content (AvgIpc) is 2.45. The predicted molar refractivity (Wildman–Crippen MR) is 97.3 cm³/mol. The Morgan fingerprint density at radius 3 is 2.76 bits per heavy atom. The van der Waals surface area contributed by atoms with Gasteiger partial charge >= 0.3 is 0 Å². The summed E-state index contributed by atoms with van der Waals surface area (Å²) in [6, 6.07) is 7.23. The van der Waals surface area contributed by atoms with Crippen LogP contribution in [0.2, 0.25) is 0 Å². The fourth-order valence-corrected chi connectivity index (χ4v) is 3.49. The molecule has 1 aromatic carbocycles. The molecule has 1 N–H and O–H groups in total. The molecule has 7 heteroatoms. The minimum absolute atomic E-state index is 0.0599. The number of aryl methyl sites for hydroxylation is 1. The van der Waals surface area contributed by atoms with Crippen molar-refractivity contribution in [3.63, 3.8) is 0 Å². The fraction of sp³-hybridized carbons (Fsp3) is 0.0714. The van der Waals surface area contributed by atoms with Crippen molar-refractivity contribution in [3.05, 3.63) is 58.8 Å². The Hall–Kier alpha value is -1.50. The standard InChI is InChI=1S/C14H8I2N4O/c1-8-3-2-4-9(18-8)5-6-10-11(15)7-12(19-20-17)14(21)13(10)16/h2-4,7,21H,1H3. The van der Waals surface area contributed by atoms with Crippen molar-refractivity contribution in [1.29, 1.82) is 0 Å². The highest BCUT2D eigenvalue weighted by molar-refractivity contribution is 14.1. The molecule has 0 aliphatic carbocycles. The molecule has 0 fully saturated rings. The molecule has 0 aliphatic heterocycles. The van der Waals surface area contributed by atoms with Crippen molar-refractivity contribution in [2.75, 3.05) is 0 Å². The molecule has 0 aliphatic rings. The number of nitrogens with zero attached hydrogens (tertiary/aromatic N) is 4. The monoisotopic (exact) mass is 502 g/mol. The van der Waals surface area contributed by atoms with Gasteiger partial charge in [-0.1, -0.05) is 17.1 Å². The molecular weight excluding hydrogens is 494 g/mol. The number of hydrogen-bond donors (Lipinski definition) is 1. The summed E-state index contributed by atoms with van der Waals surface area (Å²) in [5, 5.41) is 13.5. The number of phenols is 1. The number of hydrogen-bond acceptors (Lipinski definition) is 3. The summed E-state index contributed by atoms with van der Waals surface area (Å²) in [5.41, 5.74) is 10.9. The van der Waals surface area contributed by atoms with Gasteiger partial charge in [-0.3, -0.25) is 0 Å². The molecule has 0 bridgehead atoms. The lowest BCUT2D eigenvalue weighted by atomic mass is 10.2. The molecule has 2 aromatic rings. The van der Waals surface area contributed by atoms with E-state index in [9.17, 15) is 5.11 Å². The van der Waals surface area contributed by atoms with E-state index in [-0.39, 0.29) is 11.4 Å². The third kappa shape index (κ3) is 3.78. The molecule has 0 radical (unpaired) electrons. The highest BCUT2D eigenvalue weighted by Crippen LogP contribution is 2.36. The molecule has 0 amide bonds. The molecule has 1 heterocycles. The van der Waals surface area contributed by atoms with Gasteiger partial charge in [0.15, 0.2) is 0 Å². The van der Waals surface area contributed by atoms with Crippen molar-refractivity contribution in [1.82, 2.24) is 4.98 Å². The summed E-state index contributed by atoms with van der Waals surface area (Å²) < 4.78 is 1.36. The van der Waals surface area contributed by atoms with Crippen molar-refractivity contribution >= 4 is 50.9 Å². The van der Waals surface area contributed by atoms with E-state index in [1.807, 2.05) is 47.7 Å². The minimum Gasteiger partial charge on any atom is -0.506 e. The van der Waals surface area contributed by atoms with Gasteiger partial charge in [-0.2, -0.15) is 0 Å². The maximum atomic E-state index is 10.0. The Labute approximate surface area is 148 Å². The molecule has 0 saturated carbocycles. The van der Waals surface area contributed by atoms with Crippen molar-refractivity contribution in [2.24, 2.45) is 5.11 Å². The van der Waals surface area contributed by atoms with Crippen LogP contribution < -0.4 is 0 Å². The van der Waals surface area contributed by atoms with Gasteiger partial charge in [0.1, 0.15) is 11.4 Å². The molecule has 0 unspecified atom stereocenters. The Balaban J connectivity index is 2.52. The molecule has 104 valence electrons. The van der Waals surface area contributed by atoms with Crippen LogP contribution in [0.3, 0.4) is 0 Å². The summed E-state index contributed by atoms with van der Waals surface area (Å²) >= 11 is 4.08. The summed E-state index contributed by atoms with van der Waals surface area (Å²) in [4.78, 5) is 7.00. The summed E-state index contributed by atoms with van der Waals surface area (Å²) in [6.45, 7) is 1.90. The van der Waals surface area contributed by atoms with E-state index in [0.717, 1.165) is 9.26 Å². The quantitative estimate of drug-likeness (QED) is 0.203. The van der Waals surface area contributed by atoms with Gasteiger partial charge in [0, 0.05) is 14.2 Å². The van der Waals surface area contributed by atoms with Gasteiger partial charge in [-0.05, 0) is 81.8 Å². The first kappa shape index (κ1) is 15.9. The van der Waals surface area contributed by atoms with Crippen LogP contribution in [0.15, 0.2) is 29.4 Å². The molecule has 2 rings (SSSR count). The lowest BCUT2D eigenvalue weighted by Crippen LogP contribution is -1.90. The third-order valence-electron chi connectivity index (χ3n) is 2.53. The van der Waals surface area contributed by atoms with Crippen molar-refractivity contribution in [2.45, 2.75) is 6.92 Å². The molecule has 21 heavy (non-hydrogen) atoms. The lowest BCUT2D eigenvalue weighted by Gasteiger charge is -2.06. The lowest BCUT2D eigenvalue weighted by molar-refractivity contribution is 0.472. The number of aromatic hydroxyl groups is 1. The van der Waals surface area contributed by atoms with Crippen LogP contribution in [-0.4, -0.2) is 10.1 Å². The normalized spacial score (nSPS) is 9.48. The second-order valence-electron chi connectivity index (χ2n) is 4.02. The van der Waals surface area contributed by atoms with E-state index < -0.39 is 0 Å². The van der Waals surface area contributed by atoms with Crippen LogP contribution in [0.5, 0.6) is 5.75 Å². The molecule has 5 nitrogen and oxygen atoms in total. The summed E-state index contributed by atoms with van der Waals surface area (Å²) in [5.74, 6) is 5.93. The minimum atomic E-state index is -0.0599. The number of pyridine rings is 1. The van der Waals surface area contributed by atoms with Crippen LogP contribution >= 0.6 is 45.2 Å². The average molecular weight is 502 g/mol. The molecule has 0 spiro atoms. The first-order valence-corrected chi connectivity index (χ1v) is 7.90. The largest absolute Gasteiger partial charge is 0.506 e. The first-order chi connectivity index (χ1) is 10.0. The number of benzene rings is 1. The number of halogens is 2. The van der Waals surface area contributed by atoms with E-state index in [4.69, 9.17) is 5.53 Å². The SMILES string of the molecule is Cc1cccc(C#Cc2c(I)cc(N=[N+]=[N-])c(O)c2I)n1. The molecular formula is C14H8I2N4O. The van der Waals surface area contributed by atoms with E-state index in [1.54, 1.807) is 6.07 Å². The van der Waals surface area contributed by atoms with Crippen LogP contribution in [0.1, 0.15) is 17.0 Å². The smallest absolute Gasteiger partial charge is 0.139 e. The number of phenolic OH excluding ortho intramolecular Hbond substituents is 1. The van der Waals surface area contributed by atoms with Gasteiger partial charge in [0.2, 0.25) is 0 Å².